The van der Waals surface area contributed by atoms with Crippen LogP contribution in [0.25, 0.3) is 11.0 Å². The maximum absolute atomic E-state index is 13.0. The quantitative estimate of drug-likeness (QED) is 0.620. The van der Waals surface area contributed by atoms with Crippen LogP contribution in [0.5, 0.6) is 11.5 Å². The Kier molecular flexibility index (Phi) is 4.12. The van der Waals surface area contributed by atoms with Gasteiger partial charge in [-0.05, 0) is 42.7 Å². The lowest BCUT2D eigenvalue weighted by Gasteiger charge is -2.32. The molecule has 4 heterocycles. The Labute approximate surface area is 174 Å². The summed E-state index contributed by atoms with van der Waals surface area (Å²) in [6.45, 7) is 3.40. The molecule has 2 fully saturated rings. The lowest BCUT2D eigenvalue weighted by Crippen LogP contribution is -2.42. The number of nitrogens with zero attached hydrogens (tertiary/aromatic N) is 5. The smallest absolute Gasteiger partial charge is 0.241 e. The summed E-state index contributed by atoms with van der Waals surface area (Å²) in [5, 5.41) is 8.62. The molecule has 0 radical (unpaired) electrons. The molecule has 0 saturated carbocycles. The number of hydrogen-bond donors (Lipinski definition) is 0. The SMILES string of the molecule is O=C(C1CN1Cc1ccc2c(c1)OCO2)N1CCC(n2nnc3ccccc32)CC1. The molecule has 8 heteroatoms. The summed E-state index contributed by atoms with van der Waals surface area (Å²) in [6.07, 6.45) is 1.82. The second-order valence-electron chi connectivity index (χ2n) is 8.21. The largest absolute Gasteiger partial charge is 0.454 e. The van der Waals surface area contributed by atoms with Crippen molar-refractivity contribution < 1.29 is 14.3 Å². The number of ether oxygens (including phenoxy) is 2. The average Bonchev–Trinajstić information content (AvgIpc) is 3.19. The first kappa shape index (κ1) is 17.7. The maximum atomic E-state index is 13.0. The highest BCUT2D eigenvalue weighted by molar-refractivity contribution is 5.85. The zero-order valence-electron chi connectivity index (χ0n) is 16.6. The highest BCUT2D eigenvalue weighted by Gasteiger charge is 2.43. The number of hydrogen-bond acceptors (Lipinski definition) is 6. The average molecular weight is 405 g/mol. The first-order valence-corrected chi connectivity index (χ1v) is 10.5. The Morgan fingerprint density at radius 2 is 1.90 bits per heavy atom. The van der Waals surface area contributed by atoms with Crippen LogP contribution < -0.4 is 9.47 Å². The molecular formula is C22H23N5O3. The number of likely N-dealkylation sites (tertiary alicyclic amines) is 1. The van der Waals surface area contributed by atoms with Crippen LogP contribution in [-0.2, 0) is 11.3 Å². The number of carbonyl (C=O) groups excluding carboxylic acids is 1. The zero-order valence-corrected chi connectivity index (χ0v) is 16.6. The third-order valence-electron chi connectivity index (χ3n) is 6.32. The number of piperidine rings is 1. The van der Waals surface area contributed by atoms with Gasteiger partial charge in [-0.15, -0.1) is 5.10 Å². The van der Waals surface area contributed by atoms with E-state index in [2.05, 4.69) is 21.3 Å². The van der Waals surface area contributed by atoms with Crippen LogP contribution in [-0.4, -0.2) is 63.2 Å². The Morgan fingerprint density at radius 3 is 2.80 bits per heavy atom. The molecule has 1 aromatic heterocycles. The normalized spacial score (nSPS) is 23.1. The summed E-state index contributed by atoms with van der Waals surface area (Å²) < 4.78 is 12.8. The molecule has 3 aliphatic heterocycles. The second-order valence-corrected chi connectivity index (χ2v) is 8.21. The number of amides is 1. The summed E-state index contributed by atoms with van der Waals surface area (Å²) in [5.41, 5.74) is 3.14. The Hall–Kier alpha value is -3.13. The van der Waals surface area contributed by atoms with Crippen molar-refractivity contribution in [1.29, 1.82) is 0 Å². The first-order chi connectivity index (χ1) is 14.8. The van der Waals surface area contributed by atoms with E-state index in [0.717, 1.165) is 67.1 Å². The van der Waals surface area contributed by atoms with Crippen LogP contribution in [0.2, 0.25) is 0 Å². The standard InChI is InChI=1S/C22H23N5O3/c28-22(19-13-26(19)12-15-5-6-20-21(11-15)30-14-29-20)25-9-7-16(8-10-25)27-18-4-2-1-3-17(18)23-24-27/h1-6,11,16,19H,7-10,12-14H2. The molecular weight excluding hydrogens is 382 g/mol. The Balaban J connectivity index is 1.05. The van der Waals surface area contributed by atoms with E-state index >= 15 is 0 Å². The summed E-state index contributed by atoms with van der Waals surface area (Å²) in [5.74, 6) is 1.83. The van der Waals surface area contributed by atoms with Crippen LogP contribution >= 0.6 is 0 Å². The van der Waals surface area contributed by atoms with Crippen molar-refractivity contribution in [3.05, 3.63) is 48.0 Å². The van der Waals surface area contributed by atoms with Gasteiger partial charge in [-0.3, -0.25) is 9.69 Å². The number of benzene rings is 2. The second kappa shape index (κ2) is 6.98. The van der Waals surface area contributed by atoms with Gasteiger partial charge in [0.1, 0.15) is 11.6 Å². The lowest BCUT2D eigenvalue weighted by molar-refractivity contribution is -0.132. The molecule has 30 heavy (non-hydrogen) atoms. The highest BCUT2D eigenvalue weighted by atomic mass is 16.7. The third-order valence-corrected chi connectivity index (χ3v) is 6.32. The summed E-state index contributed by atoms with van der Waals surface area (Å²) in [7, 11) is 0. The van der Waals surface area contributed by atoms with Gasteiger partial charge >= 0.3 is 0 Å². The fourth-order valence-electron chi connectivity index (χ4n) is 4.56. The van der Waals surface area contributed by atoms with Crippen molar-refractivity contribution in [3.8, 4) is 11.5 Å². The van der Waals surface area contributed by atoms with Crippen LogP contribution in [0.3, 0.4) is 0 Å². The maximum Gasteiger partial charge on any atom is 0.241 e. The molecule has 0 N–H and O–H groups in total. The van der Waals surface area contributed by atoms with Crippen LogP contribution in [0, 0.1) is 0 Å². The van der Waals surface area contributed by atoms with Gasteiger partial charge < -0.3 is 14.4 Å². The molecule has 2 unspecified atom stereocenters. The van der Waals surface area contributed by atoms with Crippen molar-refractivity contribution >= 4 is 16.9 Å². The van der Waals surface area contributed by atoms with E-state index in [1.165, 1.54) is 0 Å². The summed E-state index contributed by atoms with van der Waals surface area (Å²) in [4.78, 5) is 17.2. The minimum Gasteiger partial charge on any atom is -0.454 e. The van der Waals surface area contributed by atoms with Gasteiger partial charge in [0.25, 0.3) is 0 Å². The molecule has 0 aliphatic carbocycles. The van der Waals surface area contributed by atoms with Crippen LogP contribution in [0.1, 0.15) is 24.4 Å². The van der Waals surface area contributed by atoms with Crippen LogP contribution in [0.4, 0.5) is 0 Å². The third kappa shape index (κ3) is 3.08. The first-order valence-electron chi connectivity index (χ1n) is 10.5. The Morgan fingerprint density at radius 1 is 1.07 bits per heavy atom. The van der Waals surface area contributed by atoms with E-state index in [1.807, 2.05) is 46.0 Å². The van der Waals surface area contributed by atoms with Crippen molar-refractivity contribution in [3.63, 3.8) is 0 Å². The highest BCUT2D eigenvalue weighted by Crippen LogP contribution is 2.34. The number of fused-ring (bicyclic) bond motifs is 2. The van der Waals surface area contributed by atoms with Crippen molar-refractivity contribution in [2.24, 2.45) is 0 Å². The fraction of sp³-hybridized carbons (Fsp3) is 0.409. The minimum absolute atomic E-state index is 0.000766. The molecule has 2 aromatic carbocycles. The van der Waals surface area contributed by atoms with Crippen molar-refractivity contribution in [1.82, 2.24) is 24.8 Å². The molecule has 1 amide bonds. The summed E-state index contributed by atoms with van der Waals surface area (Å²) in [6, 6.07) is 14.3. The molecule has 2 atom stereocenters. The monoisotopic (exact) mass is 405 g/mol. The Bertz CT molecular complexity index is 1110. The lowest BCUT2D eigenvalue weighted by atomic mass is 10.0. The predicted molar refractivity (Wildman–Crippen MR) is 109 cm³/mol. The molecule has 6 rings (SSSR count). The number of para-hydroxylation sites is 1. The fourth-order valence-corrected chi connectivity index (χ4v) is 4.56. The van der Waals surface area contributed by atoms with E-state index in [-0.39, 0.29) is 18.7 Å². The number of aromatic nitrogens is 3. The van der Waals surface area contributed by atoms with Gasteiger partial charge in [0.2, 0.25) is 12.7 Å². The molecule has 0 spiro atoms. The molecule has 3 aromatic rings. The number of rotatable bonds is 4. The van der Waals surface area contributed by atoms with E-state index in [4.69, 9.17) is 9.47 Å². The van der Waals surface area contributed by atoms with E-state index in [1.54, 1.807) is 0 Å². The van der Waals surface area contributed by atoms with Gasteiger partial charge in [0.05, 0.1) is 11.6 Å². The van der Waals surface area contributed by atoms with Crippen molar-refractivity contribution in [2.45, 2.75) is 31.5 Å². The van der Waals surface area contributed by atoms with E-state index in [0.29, 0.717) is 6.04 Å². The van der Waals surface area contributed by atoms with E-state index < -0.39 is 0 Å². The van der Waals surface area contributed by atoms with Gasteiger partial charge in [-0.1, -0.05) is 23.4 Å². The summed E-state index contributed by atoms with van der Waals surface area (Å²) >= 11 is 0. The number of carbonyl (C=O) groups is 1. The van der Waals surface area contributed by atoms with Gasteiger partial charge in [-0.2, -0.15) is 0 Å². The van der Waals surface area contributed by atoms with Gasteiger partial charge in [0.15, 0.2) is 11.5 Å². The van der Waals surface area contributed by atoms with Crippen molar-refractivity contribution in [2.75, 3.05) is 26.4 Å². The molecule has 3 aliphatic rings. The molecule has 0 bridgehead atoms. The molecule has 154 valence electrons. The van der Waals surface area contributed by atoms with Gasteiger partial charge in [0, 0.05) is 26.2 Å². The van der Waals surface area contributed by atoms with Gasteiger partial charge in [-0.25, -0.2) is 4.68 Å². The minimum atomic E-state index is -0.000766. The molecule has 2 saturated heterocycles. The zero-order chi connectivity index (χ0) is 20.1. The van der Waals surface area contributed by atoms with E-state index in [9.17, 15) is 4.79 Å². The van der Waals surface area contributed by atoms with Crippen LogP contribution in [0.15, 0.2) is 42.5 Å². The molecule has 8 nitrogen and oxygen atoms in total. The predicted octanol–water partition coefficient (Wildman–Crippen LogP) is 2.21. The topological polar surface area (TPSA) is 72.5 Å².